The van der Waals surface area contributed by atoms with Gasteiger partial charge in [0, 0.05) is 6.54 Å². The lowest BCUT2D eigenvalue weighted by molar-refractivity contribution is 0.287. The van der Waals surface area contributed by atoms with E-state index < -0.39 is 0 Å². The maximum Gasteiger partial charge on any atom is 0.0599 e. The minimum atomic E-state index is 0.759. The van der Waals surface area contributed by atoms with E-state index >= 15 is 0 Å². The molecule has 1 saturated carbocycles. The first kappa shape index (κ1) is 15.5. The highest BCUT2D eigenvalue weighted by molar-refractivity contribution is 4.90. The third-order valence-electron chi connectivity index (χ3n) is 3.41. The van der Waals surface area contributed by atoms with Crippen LogP contribution in [0.3, 0.4) is 0 Å². The molecule has 0 heterocycles. The second-order valence-corrected chi connectivity index (χ2v) is 6.04. The Morgan fingerprint density at radius 1 is 1.28 bits per heavy atom. The van der Waals surface area contributed by atoms with Crippen molar-refractivity contribution in [3.05, 3.63) is 0 Å². The maximum absolute atomic E-state index is 5.42. The van der Waals surface area contributed by atoms with Crippen molar-refractivity contribution in [3.63, 3.8) is 0 Å². The van der Waals surface area contributed by atoms with Gasteiger partial charge in [-0.1, -0.05) is 26.2 Å². The Morgan fingerprint density at radius 3 is 2.67 bits per heavy atom. The summed E-state index contributed by atoms with van der Waals surface area (Å²) >= 11 is 0. The summed E-state index contributed by atoms with van der Waals surface area (Å²) in [5.41, 5.74) is 0. The summed E-state index contributed by atoms with van der Waals surface area (Å²) in [6, 6.07) is 0. The van der Waals surface area contributed by atoms with Crippen molar-refractivity contribution in [2.24, 2.45) is 11.8 Å². The molecule has 0 aliphatic heterocycles. The molecular weight excluding hydrogens is 220 g/mol. The van der Waals surface area contributed by atoms with Crippen molar-refractivity contribution >= 4 is 0 Å². The summed E-state index contributed by atoms with van der Waals surface area (Å²) in [6.07, 6.45) is 12.2. The van der Waals surface area contributed by atoms with Crippen LogP contribution in [0.15, 0.2) is 0 Å². The van der Waals surface area contributed by atoms with E-state index in [1.165, 1.54) is 45.2 Å². The van der Waals surface area contributed by atoms with Crippen molar-refractivity contribution in [1.82, 2.24) is 10.2 Å². The largest absolute Gasteiger partial charge is 0.316 e. The molecule has 18 heavy (non-hydrogen) atoms. The van der Waals surface area contributed by atoms with Gasteiger partial charge in [0.25, 0.3) is 0 Å². The van der Waals surface area contributed by atoms with E-state index in [0.717, 1.165) is 31.5 Å². The van der Waals surface area contributed by atoms with Gasteiger partial charge in [-0.2, -0.15) is 0 Å². The first-order chi connectivity index (χ1) is 8.72. The van der Waals surface area contributed by atoms with Gasteiger partial charge in [-0.05, 0) is 57.2 Å². The minimum Gasteiger partial charge on any atom is -0.316 e. The molecule has 1 aliphatic carbocycles. The Balaban J connectivity index is 1.92. The predicted molar refractivity (Wildman–Crippen MR) is 79.6 cm³/mol. The predicted octanol–water partition coefficient (Wildman–Crippen LogP) is 2.75. The molecule has 104 valence electrons. The number of unbranched alkanes of at least 4 members (excludes halogenated alkanes) is 2. The van der Waals surface area contributed by atoms with E-state index in [4.69, 9.17) is 6.42 Å². The SMILES string of the molecule is C#CCN(CCCCCNCC(C)C)CC1CC1. The number of nitrogens with zero attached hydrogens (tertiary/aromatic N) is 1. The number of hydrogen-bond donors (Lipinski definition) is 1. The van der Waals surface area contributed by atoms with E-state index in [-0.39, 0.29) is 0 Å². The van der Waals surface area contributed by atoms with Crippen molar-refractivity contribution in [2.75, 3.05) is 32.7 Å². The molecule has 0 unspecified atom stereocenters. The molecule has 0 saturated heterocycles. The van der Waals surface area contributed by atoms with E-state index in [1.54, 1.807) is 0 Å². The van der Waals surface area contributed by atoms with Gasteiger partial charge in [0.15, 0.2) is 0 Å². The van der Waals surface area contributed by atoms with Crippen LogP contribution in [0.25, 0.3) is 0 Å². The van der Waals surface area contributed by atoms with Crippen LogP contribution in [0.4, 0.5) is 0 Å². The van der Waals surface area contributed by atoms with Gasteiger partial charge >= 0.3 is 0 Å². The van der Waals surface area contributed by atoms with Gasteiger partial charge < -0.3 is 5.32 Å². The van der Waals surface area contributed by atoms with Crippen LogP contribution in [0, 0.1) is 24.2 Å². The van der Waals surface area contributed by atoms with Crippen LogP contribution >= 0.6 is 0 Å². The van der Waals surface area contributed by atoms with Crippen LogP contribution in [0.1, 0.15) is 46.0 Å². The van der Waals surface area contributed by atoms with Gasteiger partial charge in [-0.3, -0.25) is 4.90 Å². The van der Waals surface area contributed by atoms with Gasteiger partial charge in [-0.15, -0.1) is 6.42 Å². The van der Waals surface area contributed by atoms with Crippen LogP contribution in [0.2, 0.25) is 0 Å². The monoisotopic (exact) mass is 250 g/mol. The van der Waals surface area contributed by atoms with Crippen molar-refractivity contribution in [3.8, 4) is 12.3 Å². The van der Waals surface area contributed by atoms with Crippen molar-refractivity contribution in [2.45, 2.75) is 46.0 Å². The Bertz CT molecular complexity index is 238. The van der Waals surface area contributed by atoms with Crippen LogP contribution in [-0.4, -0.2) is 37.6 Å². The lowest BCUT2D eigenvalue weighted by atomic mass is 10.2. The lowest BCUT2D eigenvalue weighted by Gasteiger charge is -2.19. The summed E-state index contributed by atoms with van der Waals surface area (Å²) in [6.45, 7) is 10.1. The summed E-state index contributed by atoms with van der Waals surface area (Å²) < 4.78 is 0. The molecule has 0 amide bonds. The number of rotatable bonds is 11. The highest BCUT2D eigenvalue weighted by Gasteiger charge is 2.23. The highest BCUT2D eigenvalue weighted by atomic mass is 15.1. The smallest absolute Gasteiger partial charge is 0.0599 e. The number of terminal acetylenes is 1. The third kappa shape index (κ3) is 8.55. The molecule has 0 atom stereocenters. The van der Waals surface area contributed by atoms with E-state index in [2.05, 4.69) is 30.0 Å². The van der Waals surface area contributed by atoms with Crippen LogP contribution in [0.5, 0.6) is 0 Å². The molecular formula is C16H30N2. The Hall–Kier alpha value is -0.520. The normalized spacial score (nSPS) is 15.3. The highest BCUT2D eigenvalue weighted by Crippen LogP contribution is 2.29. The molecule has 0 spiro atoms. The second-order valence-electron chi connectivity index (χ2n) is 6.04. The topological polar surface area (TPSA) is 15.3 Å². The van der Waals surface area contributed by atoms with Crippen molar-refractivity contribution in [1.29, 1.82) is 0 Å². The molecule has 2 heteroatoms. The summed E-state index contributed by atoms with van der Waals surface area (Å²) in [5.74, 6) is 4.50. The molecule has 1 N–H and O–H groups in total. The first-order valence-corrected chi connectivity index (χ1v) is 7.59. The average Bonchev–Trinajstić information content (AvgIpc) is 3.11. The van der Waals surface area contributed by atoms with E-state index in [0.29, 0.717) is 0 Å². The minimum absolute atomic E-state index is 0.759. The Labute approximate surface area is 114 Å². The molecule has 1 fully saturated rings. The molecule has 1 rings (SSSR count). The maximum atomic E-state index is 5.42. The molecule has 0 aromatic rings. The zero-order valence-electron chi connectivity index (χ0n) is 12.3. The average molecular weight is 250 g/mol. The standard InChI is InChI=1S/C16H30N2/c1-4-11-18(14-16-8-9-16)12-7-5-6-10-17-13-15(2)3/h1,15-17H,5-14H2,2-3H3. The zero-order chi connectivity index (χ0) is 13.2. The fraction of sp³-hybridized carbons (Fsp3) is 0.875. The number of nitrogens with one attached hydrogen (secondary N) is 1. The Kier molecular flexibility index (Phi) is 8.13. The third-order valence-corrected chi connectivity index (χ3v) is 3.41. The van der Waals surface area contributed by atoms with Crippen LogP contribution in [-0.2, 0) is 0 Å². The zero-order valence-corrected chi connectivity index (χ0v) is 12.3. The second kappa shape index (κ2) is 9.42. The van der Waals surface area contributed by atoms with Crippen molar-refractivity contribution < 1.29 is 0 Å². The van der Waals surface area contributed by atoms with Gasteiger partial charge in [-0.25, -0.2) is 0 Å². The van der Waals surface area contributed by atoms with E-state index in [9.17, 15) is 0 Å². The van der Waals surface area contributed by atoms with Crippen LogP contribution < -0.4 is 5.32 Å². The van der Waals surface area contributed by atoms with Gasteiger partial charge in [0.05, 0.1) is 6.54 Å². The molecule has 0 radical (unpaired) electrons. The summed E-state index contributed by atoms with van der Waals surface area (Å²) in [4.78, 5) is 2.46. The molecule has 1 aliphatic rings. The molecule has 0 aromatic heterocycles. The van der Waals surface area contributed by atoms with E-state index in [1.807, 2.05) is 0 Å². The molecule has 0 aromatic carbocycles. The van der Waals surface area contributed by atoms with Gasteiger partial charge in [0.1, 0.15) is 0 Å². The first-order valence-electron chi connectivity index (χ1n) is 7.59. The van der Waals surface area contributed by atoms with Gasteiger partial charge in [0.2, 0.25) is 0 Å². The Morgan fingerprint density at radius 2 is 2.06 bits per heavy atom. The lowest BCUT2D eigenvalue weighted by Crippen LogP contribution is -2.27. The number of hydrogen-bond acceptors (Lipinski definition) is 2. The fourth-order valence-electron chi connectivity index (χ4n) is 2.18. The molecule has 0 bridgehead atoms. The fourth-order valence-corrected chi connectivity index (χ4v) is 2.18. The quantitative estimate of drug-likeness (QED) is 0.448. The molecule has 2 nitrogen and oxygen atoms in total. The summed E-state index contributed by atoms with van der Waals surface area (Å²) in [7, 11) is 0. The summed E-state index contributed by atoms with van der Waals surface area (Å²) in [5, 5.41) is 3.49.